The summed E-state index contributed by atoms with van der Waals surface area (Å²) in [6, 6.07) is 8.30. The minimum Gasteiger partial charge on any atom is -0.465 e. The molecule has 1 N–H and O–H groups in total. The molecule has 0 radical (unpaired) electrons. The Bertz CT molecular complexity index is 946. The lowest BCUT2D eigenvalue weighted by Gasteiger charge is -2.55. The van der Waals surface area contributed by atoms with Gasteiger partial charge in [0.05, 0.1) is 18.7 Å². The van der Waals surface area contributed by atoms with Gasteiger partial charge in [0.2, 0.25) is 5.72 Å². The lowest BCUT2D eigenvalue weighted by Crippen LogP contribution is -2.58. The minimum absolute atomic E-state index is 0.193. The minimum atomic E-state index is -1.68. The molecule has 0 fully saturated rings. The number of methoxy groups -OCH3 is 1. The van der Waals surface area contributed by atoms with Crippen molar-refractivity contribution >= 4 is 16.9 Å². The molecule has 0 saturated heterocycles. The molecular weight excluding hydrogens is 328 g/mol. The molecule has 5 heteroatoms. The van der Waals surface area contributed by atoms with Gasteiger partial charge in [0.15, 0.2) is 0 Å². The monoisotopic (exact) mass is 352 g/mol. The standard InChI is InChI=1S/C21H24N2O3/c1-3-20-10-6-11-22-12-9-15-14-7-4-5-8-16(14)23(17(15)18(20)22)21(25,13-20)19(24)26-2/h4-8,10,18,25H,3,9,11-13H2,1-2H3/t18-,20+,21-/m1/s1. The Morgan fingerprint density at radius 3 is 2.96 bits per heavy atom. The van der Waals surface area contributed by atoms with Crippen LogP contribution in [0.2, 0.25) is 0 Å². The van der Waals surface area contributed by atoms with Gasteiger partial charge < -0.3 is 14.4 Å². The Kier molecular flexibility index (Phi) is 3.22. The van der Waals surface area contributed by atoms with E-state index in [4.69, 9.17) is 4.74 Å². The Balaban J connectivity index is 1.92. The van der Waals surface area contributed by atoms with Gasteiger partial charge in [-0.3, -0.25) is 4.90 Å². The molecule has 1 aromatic heterocycles. The van der Waals surface area contributed by atoms with E-state index in [-0.39, 0.29) is 11.5 Å². The zero-order valence-electron chi connectivity index (χ0n) is 15.2. The molecular formula is C21H24N2O3. The van der Waals surface area contributed by atoms with Gasteiger partial charge in [-0.2, -0.15) is 0 Å². The number of carbonyl (C=O) groups is 1. The van der Waals surface area contributed by atoms with Crippen molar-refractivity contribution in [3.05, 3.63) is 47.7 Å². The summed E-state index contributed by atoms with van der Waals surface area (Å²) in [6.07, 6.45) is 6.57. The quantitative estimate of drug-likeness (QED) is 0.667. The number of aliphatic hydroxyl groups is 1. The van der Waals surface area contributed by atoms with Crippen LogP contribution in [0.1, 0.15) is 37.1 Å². The lowest BCUT2D eigenvalue weighted by atomic mass is 9.64. The fraction of sp³-hybridized carbons (Fsp3) is 0.476. The zero-order valence-corrected chi connectivity index (χ0v) is 15.2. The molecule has 0 amide bonds. The zero-order chi connectivity index (χ0) is 18.1. The Labute approximate surface area is 152 Å². The van der Waals surface area contributed by atoms with Gasteiger partial charge in [-0.15, -0.1) is 0 Å². The largest absolute Gasteiger partial charge is 0.465 e. The highest BCUT2D eigenvalue weighted by atomic mass is 16.5. The Hall–Kier alpha value is -2.11. The van der Waals surface area contributed by atoms with Crippen molar-refractivity contribution < 1.29 is 14.6 Å². The first-order chi connectivity index (χ1) is 12.6. The van der Waals surface area contributed by atoms with Crippen molar-refractivity contribution in [1.29, 1.82) is 0 Å². The van der Waals surface area contributed by atoms with Gasteiger partial charge in [-0.25, -0.2) is 4.79 Å². The number of para-hydroxylation sites is 1. The van der Waals surface area contributed by atoms with Crippen LogP contribution in [0.15, 0.2) is 36.4 Å². The van der Waals surface area contributed by atoms with E-state index in [0.717, 1.165) is 42.5 Å². The van der Waals surface area contributed by atoms with Crippen molar-refractivity contribution in [2.75, 3.05) is 20.2 Å². The number of nitrogens with zero attached hydrogens (tertiary/aromatic N) is 2. The maximum absolute atomic E-state index is 12.8. The van der Waals surface area contributed by atoms with E-state index in [1.54, 1.807) is 0 Å². The number of benzene rings is 1. The predicted octanol–water partition coefficient (Wildman–Crippen LogP) is 2.73. The van der Waals surface area contributed by atoms with Crippen LogP contribution >= 0.6 is 0 Å². The van der Waals surface area contributed by atoms with Gasteiger partial charge >= 0.3 is 5.97 Å². The number of fused-ring (bicyclic) bond motifs is 3. The molecule has 1 aromatic carbocycles. The average molecular weight is 352 g/mol. The average Bonchev–Trinajstić information content (AvgIpc) is 3.02. The molecule has 3 aliphatic rings. The maximum Gasteiger partial charge on any atom is 0.359 e. The summed E-state index contributed by atoms with van der Waals surface area (Å²) < 4.78 is 6.96. The van der Waals surface area contributed by atoms with Crippen molar-refractivity contribution in [3.63, 3.8) is 0 Å². The van der Waals surface area contributed by atoms with E-state index >= 15 is 0 Å². The van der Waals surface area contributed by atoms with E-state index in [1.165, 1.54) is 12.7 Å². The van der Waals surface area contributed by atoms with E-state index in [1.807, 2.05) is 22.8 Å². The third-order valence-corrected chi connectivity index (χ3v) is 6.74. The molecule has 3 atom stereocenters. The first kappa shape index (κ1) is 16.1. The molecule has 0 unspecified atom stereocenters. The van der Waals surface area contributed by atoms with Crippen LogP contribution in [0.5, 0.6) is 0 Å². The van der Waals surface area contributed by atoms with E-state index in [9.17, 15) is 9.90 Å². The first-order valence-electron chi connectivity index (χ1n) is 9.41. The normalized spacial score (nSPS) is 32.5. The highest BCUT2D eigenvalue weighted by Crippen LogP contribution is 2.58. The number of hydrogen-bond acceptors (Lipinski definition) is 4. The summed E-state index contributed by atoms with van der Waals surface area (Å²) >= 11 is 0. The fourth-order valence-corrected chi connectivity index (χ4v) is 5.64. The molecule has 5 nitrogen and oxygen atoms in total. The molecule has 0 spiro atoms. The molecule has 2 aromatic rings. The van der Waals surface area contributed by atoms with Gasteiger partial charge in [-0.1, -0.05) is 37.3 Å². The van der Waals surface area contributed by atoms with E-state index in [0.29, 0.717) is 6.42 Å². The summed E-state index contributed by atoms with van der Waals surface area (Å²) in [4.78, 5) is 15.3. The molecule has 5 rings (SSSR count). The number of aromatic nitrogens is 1. The highest BCUT2D eigenvalue weighted by molar-refractivity contribution is 5.90. The predicted molar refractivity (Wildman–Crippen MR) is 98.6 cm³/mol. The first-order valence-corrected chi connectivity index (χ1v) is 9.41. The van der Waals surface area contributed by atoms with Gasteiger partial charge in [0.1, 0.15) is 0 Å². The third-order valence-electron chi connectivity index (χ3n) is 6.74. The van der Waals surface area contributed by atoms with Crippen molar-refractivity contribution in [2.45, 2.75) is 38.0 Å². The molecule has 0 aliphatic carbocycles. The molecule has 26 heavy (non-hydrogen) atoms. The Morgan fingerprint density at radius 2 is 2.19 bits per heavy atom. The second-order valence-electron chi connectivity index (χ2n) is 7.84. The highest BCUT2D eigenvalue weighted by Gasteiger charge is 2.59. The molecule has 0 bridgehead atoms. The maximum atomic E-state index is 12.8. The van der Waals surface area contributed by atoms with Crippen LogP contribution in [0.3, 0.4) is 0 Å². The lowest BCUT2D eigenvalue weighted by molar-refractivity contribution is -0.187. The van der Waals surface area contributed by atoms with Crippen molar-refractivity contribution in [1.82, 2.24) is 9.47 Å². The van der Waals surface area contributed by atoms with Crippen molar-refractivity contribution in [2.24, 2.45) is 5.41 Å². The van der Waals surface area contributed by atoms with Gasteiger partial charge in [-0.05, 0) is 24.5 Å². The van der Waals surface area contributed by atoms with Crippen LogP contribution in [0.4, 0.5) is 0 Å². The molecule has 136 valence electrons. The third kappa shape index (κ3) is 1.75. The van der Waals surface area contributed by atoms with Gasteiger partial charge in [0, 0.05) is 36.0 Å². The second kappa shape index (κ2) is 5.21. The smallest absolute Gasteiger partial charge is 0.359 e. The number of hydrogen-bond donors (Lipinski definition) is 1. The molecule has 4 heterocycles. The molecule has 0 saturated carbocycles. The van der Waals surface area contributed by atoms with Crippen LogP contribution in [0, 0.1) is 5.41 Å². The SMILES string of the molecule is CC[C@]12C=CCN3CCc4c(n(c5ccccc45)[C@](O)(C(=O)OC)C1)[C@@H]32. The van der Waals surface area contributed by atoms with Crippen molar-refractivity contribution in [3.8, 4) is 0 Å². The van der Waals surface area contributed by atoms with Crippen LogP contribution < -0.4 is 0 Å². The number of ether oxygens (including phenoxy) is 1. The van der Waals surface area contributed by atoms with E-state index in [2.05, 4.69) is 30.0 Å². The molecule has 3 aliphatic heterocycles. The summed E-state index contributed by atoms with van der Waals surface area (Å²) in [5, 5.41) is 12.8. The topological polar surface area (TPSA) is 54.7 Å². The Morgan fingerprint density at radius 1 is 1.38 bits per heavy atom. The summed E-state index contributed by atoms with van der Waals surface area (Å²) in [5.74, 6) is -0.580. The summed E-state index contributed by atoms with van der Waals surface area (Å²) in [6.45, 7) is 4.08. The van der Waals surface area contributed by atoms with Crippen LogP contribution in [0.25, 0.3) is 10.9 Å². The second-order valence-corrected chi connectivity index (χ2v) is 7.84. The van der Waals surface area contributed by atoms with Gasteiger partial charge in [0.25, 0.3) is 0 Å². The van der Waals surface area contributed by atoms with Crippen LogP contribution in [-0.2, 0) is 21.7 Å². The summed E-state index contributed by atoms with van der Waals surface area (Å²) in [5.41, 5.74) is 1.35. The number of carbonyl (C=O) groups excluding carboxylic acids is 1. The fourth-order valence-electron chi connectivity index (χ4n) is 5.64. The van der Waals surface area contributed by atoms with E-state index < -0.39 is 11.7 Å². The number of rotatable bonds is 2. The summed E-state index contributed by atoms with van der Waals surface area (Å²) in [7, 11) is 1.35. The number of esters is 1. The van der Waals surface area contributed by atoms with Crippen LogP contribution in [-0.4, -0.2) is 40.7 Å².